The smallest absolute Gasteiger partial charge is 0.0524 e. The van der Waals surface area contributed by atoms with Crippen LogP contribution in [0.15, 0.2) is 15.9 Å². The van der Waals surface area contributed by atoms with Gasteiger partial charge in [0.25, 0.3) is 0 Å². The van der Waals surface area contributed by atoms with E-state index < -0.39 is 0 Å². The molecule has 12 heavy (non-hydrogen) atoms. The van der Waals surface area contributed by atoms with E-state index in [9.17, 15) is 0 Å². The minimum absolute atomic E-state index is 0.435. The Kier molecular flexibility index (Phi) is 4.10. The predicted octanol–water partition coefficient (Wildman–Crippen LogP) is 3.04. The number of thiol groups is 1. The monoisotopic (exact) mass is 265 g/mol. The van der Waals surface area contributed by atoms with E-state index in [0.717, 1.165) is 10.2 Å². The first-order valence-corrected chi connectivity index (χ1v) is 5.97. The van der Waals surface area contributed by atoms with E-state index in [4.69, 9.17) is 0 Å². The van der Waals surface area contributed by atoms with Gasteiger partial charge in [-0.25, -0.2) is 0 Å². The second kappa shape index (κ2) is 4.65. The summed E-state index contributed by atoms with van der Waals surface area (Å²) in [7, 11) is 4.16. The third kappa shape index (κ3) is 2.49. The van der Waals surface area contributed by atoms with Crippen molar-refractivity contribution in [2.24, 2.45) is 0 Å². The molecule has 1 heterocycles. The van der Waals surface area contributed by atoms with Crippen LogP contribution in [0.2, 0.25) is 0 Å². The van der Waals surface area contributed by atoms with Crippen LogP contribution in [-0.4, -0.2) is 24.7 Å². The van der Waals surface area contributed by atoms with Crippen molar-refractivity contribution in [2.75, 3.05) is 19.8 Å². The molecule has 0 radical (unpaired) electrons. The maximum Gasteiger partial charge on any atom is 0.0524 e. The van der Waals surface area contributed by atoms with Crippen molar-refractivity contribution in [3.05, 3.63) is 20.8 Å². The van der Waals surface area contributed by atoms with E-state index in [-0.39, 0.29) is 0 Å². The fraction of sp³-hybridized carbons (Fsp3) is 0.500. The van der Waals surface area contributed by atoms with Gasteiger partial charge in [-0.05, 0) is 36.1 Å². The number of halogens is 1. The van der Waals surface area contributed by atoms with Crippen molar-refractivity contribution in [2.45, 2.75) is 6.04 Å². The SMILES string of the molecule is CN(C)C(CS)c1cc(Br)cs1. The molecular formula is C8H12BrNS2. The largest absolute Gasteiger partial charge is 0.301 e. The summed E-state index contributed by atoms with van der Waals surface area (Å²) in [6.07, 6.45) is 0. The molecule has 0 saturated heterocycles. The van der Waals surface area contributed by atoms with Gasteiger partial charge < -0.3 is 4.90 Å². The standard InChI is InChI=1S/C8H12BrNS2/c1-10(2)7(4-11)8-3-6(9)5-12-8/h3,5,7,11H,4H2,1-2H3. The molecule has 0 N–H and O–H groups in total. The third-order valence-electron chi connectivity index (χ3n) is 1.71. The predicted molar refractivity (Wildman–Crippen MR) is 62.3 cm³/mol. The first-order chi connectivity index (χ1) is 5.65. The molecule has 0 aliphatic carbocycles. The number of hydrogen-bond acceptors (Lipinski definition) is 3. The first-order valence-electron chi connectivity index (χ1n) is 3.66. The average Bonchev–Trinajstić information content (AvgIpc) is 2.37. The number of nitrogens with zero attached hydrogens (tertiary/aromatic N) is 1. The topological polar surface area (TPSA) is 3.24 Å². The summed E-state index contributed by atoms with van der Waals surface area (Å²) >= 11 is 9.54. The van der Waals surface area contributed by atoms with Crippen LogP contribution in [0.3, 0.4) is 0 Å². The summed E-state index contributed by atoms with van der Waals surface area (Å²) in [5.74, 6) is 0.861. The van der Waals surface area contributed by atoms with Crippen LogP contribution in [0.25, 0.3) is 0 Å². The molecule has 0 aliphatic rings. The minimum Gasteiger partial charge on any atom is -0.301 e. The molecule has 0 saturated carbocycles. The summed E-state index contributed by atoms with van der Waals surface area (Å²) in [6, 6.07) is 2.59. The van der Waals surface area contributed by atoms with Crippen molar-refractivity contribution in [1.29, 1.82) is 0 Å². The lowest BCUT2D eigenvalue weighted by Gasteiger charge is -2.20. The van der Waals surface area contributed by atoms with E-state index in [1.165, 1.54) is 4.88 Å². The molecule has 0 amide bonds. The molecular weight excluding hydrogens is 254 g/mol. The lowest BCUT2D eigenvalue weighted by molar-refractivity contribution is 0.331. The summed E-state index contributed by atoms with van der Waals surface area (Å²) in [5, 5.41) is 2.11. The highest BCUT2D eigenvalue weighted by molar-refractivity contribution is 9.10. The van der Waals surface area contributed by atoms with Crippen LogP contribution < -0.4 is 0 Å². The average molecular weight is 266 g/mol. The summed E-state index contributed by atoms with van der Waals surface area (Å²) in [4.78, 5) is 3.55. The molecule has 0 bridgehead atoms. The van der Waals surface area contributed by atoms with E-state index >= 15 is 0 Å². The molecule has 1 rings (SSSR count). The zero-order valence-corrected chi connectivity index (χ0v) is 10.4. The number of hydrogen-bond donors (Lipinski definition) is 1. The Balaban J connectivity index is 2.80. The zero-order valence-electron chi connectivity index (χ0n) is 7.12. The zero-order chi connectivity index (χ0) is 9.14. The Morgan fingerprint density at radius 1 is 1.67 bits per heavy atom. The van der Waals surface area contributed by atoms with Crippen LogP contribution >= 0.6 is 39.9 Å². The van der Waals surface area contributed by atoms with E-state index in [1.807, 2.05) is 0 Å². The number of rotatable bonds is 3. The van der Waals surface area contributed by atoms with E-state index in [1.54, 1.807) is 11.3 Å². The maximum absolute atomic E-state index is 4.33. The fourth-order valence-electron chi connectivity index (χ4n) is 1.01. The van der Waals surface area contributed by atoms with Crippen molar-refractivity contribution >= 4 is 39.9 Å². The molecule has 1 unspecified atom stereocenters. The van der Waals surface area contributed by atoms with Gasteiger partial charge in [-0.1, -0.05) is 0 Å². The number of thiophene rings is 1. The van der Waals surface area contributed by atoms with Gasteiger partial charge in [-0.3, -0.25) is 0 Å². The third-order valence-corrected chi connectivity index (χ3v) is 3.85. The Labute approximate surface area is 91.3 Å². The second-order valence-corrected chi connectivity index (χ2v) is 5.05. The Morgan fingerprint density at radius 2 is 2.33 bits per heavy atom. The van der Waals surface area contributed by atoms with Crippen LogP contribution in [0, 0.1) is 0 Å². The molecule has 0 aromatic carbocycles. The quantitative estimate of drug-likeness (QED) is 0.823. The molecule has 1 aromatic rings. The molecule has 1 nitrogen and oxygen atoms in total. The van der Waals surface area contributed by atoms with Crippen LogP contribution in [0.5, 0.6) is 0 Å². The maximum atomic E-state index is 4.33. The Bertz CT molecular complexity index is 247. The van der Waals surface area contributed by atoms with Gasteiger partial charge in [0.15, 0.2) is 0 Å². The highest BCUT2D eigenvalue weighted by atomic mass is 79.9. The van der Waals surface area contributed by atoms with Gasteiger partial charge >= 0.3 is 0 Å². The first kappa shape index (κ1) is 10.6. The molecule has 0 fully saturated rings. The highest BCUT2D eigenvalue weighted by Crippen LogP contribution is 2.28. The van der Waals surface area contributed by atoms with Gasteiger partial charge in [-0.2, -0.15) is 12.6 Å². The van der Waals surface area contributed by atoms with Gasteiger partial charge in [0.1, 0.15) is 0 Å². The van der Waals surface area contributed by atoms with Crippen LogP contribution in [0.1, 0.15) is 10.9 Å². The van der Waals surface area contributed by atoms with E-state index in [2.05, 4.69) is 59.0 Å². The van der Waals surface area contributed by atoms with Gasteiger partial charge in [0.05, 0.1) is 6.04 Å². The normalized spacial score (nSPS) is 13.8. The van der Waals surface area contributed by atoms with Crippen molar-refractivity contribution in [3.8, 4) is 0 Å². The summed E-state index contributed by atoms with van der Waals surface area (Å²) in [5.41, 5.74) is 0. The molecule has 68 valence electrons. The lowest BCUT2D eigenvalue weighted by Crippen LogP contribution is -2.20. The Hall–Kier alpha value is 0.490. The molecule has 1 aromatic heterocycles. The molecule has 0 aliphatic heterocycles. The van der Waals surface area contributed by atoms with Gasteiger partial charge in [0.2, 0.25) is 0 Å². The van der Waals surface area contributed by atoms with Gasteiger partial charge in [0, 0.05) is 20.5 Å². The van der Waals surface area contributed by atoms with Crippen molar-refractivity contribution < 1.29 is 0 Å². The highest BCUT2D eigenvalue weighted by Gasteiger charge is 2.13. The second-order valence-electron chi connectivity index (χ2n) is 2.83. The minimum atomic E-state index is 0.435. The van der Waals surface area contributed by atoms with Crippen LogP contribution in [-0.2, 0) is 0 Å². The molecule has 4 heteroatoms. The lowest BCUT2D eigenvalue weighted by atomic mass is 10.2. The molecule has 1 atom stereocenters. The van der Waals surface area contributed by atoms with Crippen molar-refractivity contribution in [3.63, 3.8) is 0 Å². The summed E-state index contributed by atoms with van der Waals surface area (Å²) < 4.78 is 1.16. The molecule has 0 spiro atoms. The van der Waals surface area contributed by atoms with Gasteiger partial charge in [-0.15, -0.1) is 11.3 Å². The van der Waals surface area contributed by atoms with E-state index in [0.29, 0.717) is 6.04 Å². The Morgan fingerprint density at radius 3 is 2.67 bits per heavy atom. The fourth-order valence-corrected chi connectivity index (χ4v) is 3.30. The van der Waals surface area contributed by atoms with Crippen LogP contribution in [0.4, 0.5) is 0 Å². The summed E-state index contributed by atoms with van der Waals surface area (Å²) in [6.45, 7) is 0. The van der Waals surface area contributed by atoms with Crippen molar-refractivity contribution in [1.82, 2.24) is 4.90 Å².